The molecule has 0 atom stereocenters. The first-order chi connectivity index (χ1) is 5.70. The molecule has 0 bridgehead atoms. The smallest absolute Gasteiger partial charge is 0.332 e. The van der Waals surface area contributed by atoms with Gasteiger partial charge in [-0.15, -0.1) is 0 Å². The summed E-state index contributed by atoms with van der Waals surface area (Å²) >= 11 is 0. The number of esters is 1. The Bertz CT molecular complexity index is 166. The summed E-state index contributed by atoms with van der Waals surface area (Å²) in [5, 5.41) is 0. The van der Waals surface area contributed by atoms with Crippen molar-refractivity contribution in [3.05, 3.63) is 11.8 Å². The summed E-state index contributed by atoms with van der Waals surface area (Å²) in [4.78, 5) is 10.9. The molecule has 0 radical (unpaired) electrons. The summed E-state index contributed by atoms with van der Waals surface area (Å²) in [5.74, 6) is -0.411. The zero-order valence-electron chi connectivity index (χ0n) is 7.50. The third-order valence-corrected chi connectivity index (χ3v) is 1.24. The molecule has 0 spiro atoms. The highest BCUT2D eigenvalue weighted by molar-refractivity contribution is 5.82. The molecule has 0 heterocycles. The van der Waals surface area contributed by atoms with Crippen molar-refractivity contribution in [2.24, 2.45) is 5.73 Å². The van der Waals surface area contributed by atoms with Crippen LogP contribution in [0.3, 0.4) is 0 Å². The van der Waals surface area contributed by atoms with Gasteiger partial charge in [-0.05, 0) is 6.42 Å². The highest BCUT2D eigenvalue weighted by Crippen LogP contribution is 1.91. The molecule has 0 fully saturated rings. The van der Waals surface area contributed by atoms with Gasteiger partial charge in [0.2, 0.25) is 0 Å². The van der Waals surface area contributed by atoms with Gasteiger partial charge in [0.1, 0.15) is 6.61 Å². The molecule has 0 aromatic carbocycles. The van der Waals surface area contributed by atoms with E-state index in [1.807, 2.05) is 6.92 Å². The lowest BCUT2D eigenvalue weighted by Gasteiger charge is -2.00. The third-order valence-electron chi connectivity index (χ3n) is 1.24. The van der Waals surface area contributed by atoms with Crippen molar-refractivity contribution in [1.82, 2.24) is 0 Å². The summed E-state index contributed by atoms with van der Waals surface area (Å²) < 4.78 is 9.43. The van der Waals surface area contributed by atoms with Crippen LogP contribution in [-0.2, 0) is 14.3 Å². The predicted octanol–water partition coefficient (Wildman–Crippen LogP) is 0.429. The van der Waals surface area contributed by atoms with E-state index >= 15 is 0 Å². The number of hydrogen-bond acceptors (Lipinski definition) is 4. The Morgan fingerprint density at radius 1 is 1.50 bits per heavy atom. The number of hydrogen-bond donors (Lipinski definition) is 1. The molecule has 0 saturated heterocycles. The Morgan fingerprint density at radius 2 is 2.17 bits per heavy atom. The molecule has 0 aliphatic heterocycles. The molecule has 4 heteroatoms. The van der Waals surface area contributed by atoms with Crippen molar-refractivity contribution in [2.45, 2.75) is 13.3 Å². The van der Waals surface area contributed by atoms with Gasteiger partial charge < -0.3 is 15.2 Å². The van der Waals surface area contributed by atoms with Crippen molar-refractivity contribution >= 4 is 5.97 Å². The number of allylic oxidation sites excluding steroid dienone is 1. The molecule has 70 valence electrons. The van der Waals surface area contributed by atoms with E-state index in [0.29, 0.717) is 18.7 Å². The first-order valence-electron chi connectivity index (χ1n) is 3.82. The van der Waals surface area contributed by atoms with E-state index in [1.54, 1.807) is 7.11 Å². The van der Waals surface area contributed by atoms with Gasteiger partial charge in [-0.1, -0.05) is 6.92 Å². The Kier molecular flexibility index (Phi) is 6.09. The van der Waals surface area contributed by atoms with E-state index in [1.165, 1.54) is 6.08 Å². The van der Waals surface area contributed by atoms with E-state index < -0.39 is 5.97 Å². The minimum atomic E-state index is -0.411. The second kappa shape index (κ2) is 6.67. The molecular weight excluding hydrogens is 158 g/mol. The van der Waals surface area contributed by atoms with Crippen molar-refractivity contribution in [3.63, 3.8) is 0 Å². The SMILES string of the molecule is CC/C(N)=C\C(=O)OCCOC. The Balaban J connectivity index is 3.59. The zero-order chi connectivity index (χ0) is 9.40. The van der Waals surface area contributed by atoms with Crippen LogP contribution in [0, 0.1) is 0 Å². The number of rotatable bonds is 5. The van der Waals surface area contributed by atoms with Gasteiger partial charge in [-0.2, -0.15) is 0 Å². The molecule has 0 saturated carbocycles. The van der Waals surface area contributed by atoms with E-state index in [4.69, 9.17) is 15.2 Å². The molecule has 0 aromatic heterocycles. The van der Waals surface area contributed by atoms with E-state index in [-0.39, 0.29) is 6.61 Å². The summed E-state index contributed by atoms with van der Waals surface area (Å²) in [6.07, 6.45) is 1.94. The van der Waals surface area contributed by atoms with Crippen molar-refractivity contribution < 1.29 is 14.3 Å². The molecule has 2 N–H and O–H groups in total. The van der Waals surface area contributed by atoms with Crippen molar-refractivity contribution in [1.29, 1.82) is 0 Å². The first kappa shape index (κ1) is 11.0. The normalized spacial score (nSPS) is 11.3. The van der Waals surface area contributed by atoms with Gasteiger partial charge in [-0.3, -0.25) is 0 Å². The fraction of sp³-hybridized carbons (Fsp3) is 0.625. The molecule has 0 rings (SSSR count). The monoisotopic (exact) mass is 173 g/mol. The van der Waals surface area contributed by atoms with Crippen LogP contribution < -0.4 is 5.73 Å². The van der Waals surface area contributed by atoms with Gasteiger partial charge in [0.15, 0.2) is 0 Å². The molecule has 12 heavy (non-hydrogen) atoms. The molecular formula is C8H15NO3. The lowest BCUT2D eigenvalue weighted by atomic mass is 10.3. The maximum atomic E-state index is 10.9. The molecule has 0 unspecified atom stereocenters. The van der Waals surface area contributed by atoms with Crippen LogP contribution in [0.15, 0.2) is 11.8 Å². The van der Waals surface area contributed by atoms with Crippen LogP contribution in [0.25, 0.3) is 0 Å². The van der Waals surface area contributed by atoms with Crippen LogP contribution in [-0.4, -0.2) is 26.3 Å². The van der Waals surface area contributed by atoms with Crippen molar-refractivity contribution in [2.75, 3.05) is 20.3 Å². The minimum Gasteiger partial charge on any atom is -0.460 e. The largest absolute Gasteiger partial charge is 0.460 e. The Morgan fingerprint density at radius 3 is 2.67 bits per heavy atom. The molecule has 4 nitrogen and oxygen atoms in total. The number of carbonyl (C=O) groups is 1. The van der Waals surface area contributed by atoms with Gasteiger partial charge in [-0.25, -0.2) is 4.79 Å². The average molecular weight is 173 g/mol. The zero-order valence-corrected chi connectivity index (χ0v) is 7.50. The van der Waals surface area contributed by atoms with Gasteiger partial charge in [0, 0.05) is 18.9 Å². The maximum Gasteiger partial charge on any atom is 0.332 e. The quantitative estimate of drug-likeness (QED) is 0.372. The maximum absolute atomic E-state index is 10.9. The second-order valence-corrected chi connectivity index (χ2v) is 2.23. The van der Waals surface area contributed by atoms with E-state index in [2.05, 4.69) is 0 Å². The number of methoxy groups -OCH3 is 1. The van der Waals surface area contributed by atoms with E-state index in [9.17, 15) is 4.79 Å². The van der Waals surface area contributed by atoms with Crippen LogP contribution in [0.2, 0.25) is 0 Å². The second-order valence-electron chi connectivity index (χ2n) is 2.23. The topological polar surface area (TPSA) is 61.6 Å². The van der Waals surface area contributed by atoms with Crippen molar-refractivity contribution in [3.8, 4) is 0 Å². The molecule has 0 aliphatic rings. The Hall–Kier alpha value is -1.03. The molecule has 0 amide bonds. The van der Waals surface area contributed by atoms with Gasteiger partial charge >= 0.3 is 5.97 Å². The summed E-state index contributed by atoms with van der Waals surface area (Å²) in [6, 6.07) is 0. The Labute approximate surface area is 72.3 Å². The highest BCUT2D eigenvalue weighted by Gasteiger charge is 1.97. The lowest BCUT2D eigenvalue weighted by molar-refractivity contribution is -0.139. The standard InChI is InChI=1S/C8H15NO3/c1-3-7(9)6-8(10)12-5-4-11-2/h6H,3-5,9H2,1-2H3/b7-6+. The first-order valence-corrected chi connectivity index (χ1v) is 3.82. The fourth-order valence-corrected chi connectivity index (χ4v) is 0.521. The average Bonchev–Trinajstić information content (AvgIpc) is 2.05. The molecule has 0 aromatic rings. The van der Waals surface area contributed by atoms with E-state index in [0.717, 1.165) is 0 Å². The highest BCUT2D eigenvalue weighted by atomic mass is 16.6. The third kappa shape index (κ3) is 5.73. The van der Waals surface area contributed by atoms with Crippen LogP contribution in [0.5, 0.6) is 0 Å². The summed E-state index contributed by atoms with van der Waals surface area (Å²) in [6.45, 7) is 2.54. The van der Waals surface area contributed by atoms with Crippen LogP contribution >= 0.6 is 0 Å². The summed E-state index contributed by atoms with van der Waals surface area (Å²) in [7, 11) is 1.55. The fourth-order valence-electron chi connectivity index (χ4n) is 0.521. The van der Waals surface area contributed by atoms with Crippen LogP contribution in [0.4, 0.5) is 0 Å². The lowest BCUT2D eigenvalue weighted by Crippen LogP contribution is -2.09. The number of ether oxygens (including phenoxy) is 2. The number of carbonyl (C=O) groups excluding carboxylic acids is 1. The van der Waals surface area contributed by atoms with Crippen LogP contribution in [0.1, 0.15) is 13.3 Å². The number of nitrogens with two attached hydrogens (primary N) is 1. The minimum absolute atomic E-state index is 0.267. The molecule has 0 aliphatic carbocycles. The van der Waals surface area contributed by atoms with Gasteiger partial charge in [0.05, 0.1) is 6.61 Å². The summed E-state index contributed by atoms with van der Waals surface area (Å²) in [5.41, 5.74) is 5.93. The predicted molar refractivity (Wildman–Crippen MR) is 45.4 cm³/mol. The van der Waals surface area contributed by atoms with Gasteiger partial charge in [0.25, 0.3) is 0 Å².